The molecule has 2 aromatic rings. The Morgan fingerprint density at radius 3 is 2.42 bits per heavy atom. The van der Waals surface area contributed by atoms with Gasteiger partial charge in [-0.15, -0.1) is 0 Å². The maximum Gasteiger partial charge on any atom is 0.272 e. The Bertz CT molecular complexity index is 662. The number of nitro groups is 1. The Morgan fingerprint density at radius 2 is 1.79 bits per heavy atom. The van der Waals surface area contributed by atoms with Crippen molar-refractivity contribution in [1.29, 1.82) is 0 Å². The number of nitro benzene ring substituents is 1. The van der Waals surface area contributed by atoms with Gasteiger partial charge in [0.05, 0.1) is 4.92 Å². The molecule has 19 heavy (non-hydrogen) atoms. The maximum absolute atomic E-state index is 11.3. The van der Waals surface area contributed by atoms with Gasteiger partial charge < -0.3 is 0 Å². The number of Topliss-reactive ketones (excluding diaryl/α,β-unsaturated/α-hetero) is 1. The zero-order valence-corrected chi connectivity index (χ0v) is 10.7. The Morgan fingerprint density at radius 1 is 1.11 bits per heavy atom. The fourth-order valence-corrected chi connectivity index (χ4v) is 1.90. The van der Waals surface area contributed by atoms with E-state index in [0.717, 1.165) is 11.1 Å². The molecule has 0 saturated heterocycles. The second-order valence-electron chi connectivity index (χ2n) is 4.40. The lowest BCUT2D eigenvalue weighted by Crippen LogP contribution is -1.94. The van der Waals surface area contributed by atoms with Crippen molar-refractivity contribution in [2.75, 3.05) is 0 Å². The summed E-state index contributed by atoms with van der Waals surface area (Å²) < 4.78 is 0. The number of ketones is 1. The van der Waals surface area contributed by atoms with Crippen LogP contribution in [-0.2, 0) is 0 Å². The second-order valence-corrected chi connectivity index (χ2v) is 4.40. The molecule has 0 fully saturated rings. The third kappa shape index (κ3) is 2.68. The zero-order chi connectivity index (χ0) is 14.0. The van der Waals surface area contributed by atoms with Gasteiger partial charge >= 0.3 is 0 Å². The summed E-state index contributed by atoms with van der Waals surface area (Å²) in [6.45, 7) is 3.20. The number of nitrogens with zero attached hydrogens (tertiary/aromatic N) is 1. The lowest BCUT2D eigenvalue weighted by molar-refractivity contribution is -0.385. The predicted octanol–water partition coefficient (Wildman–Crippen LogP) is 3.77. The van der Waals surface area contributed by atoms with Crippen LogP contribution in [0.1, 0.15) is 22.8 Å². The van der Waals surface area contributed by atoms with E-state index < -0.39 is 4.92 Å². The number of benzene rings is 2. The summed E-state index contributed by atoms with van der Waals surface area (Å²) in [5, 5.41) is 10.9. The van der Waals surface area contributed by atoms with Crippen molar-refractivity contribution < 1.29 is 9.72 Å². The third-order valence-corrected chi connectivity index (χ3v) is 3.01. The van der Waals surface area contributed by atoms with E-state index in [1.165, 1.54) is 13.0 Å². The first kappa shape index (κ1) is 13.0. The van der Waals surface area contributed by atoms with Gasteiger partial charge in [-0.05, 0) is 31.0 Å². The summed E-state index contributed by atoms with van der Waals surface area (Å²) in [6, 6.07) is 12.2. The highest BCUT2D eigenvalue weighted by molar-refractivity contribution is 5.95. The molecule has 0 bridgehead atoms. The SMILES string of the molecule is CC(=O)c1cccc(-c2ccc(C)c([N+](=O)[O-])c2)c1. The maximum atomic E-state index is 11.3. The molecule has 2 aromatic carbocycles. The lowest BCUT2D eigenvalue weighted by atomic mass is 10.00. The average Bonchev–Trinajstić information content (AvgIpc) is 2.39. The third-order valence-electron chi connectivity index (χ3n) is 3.01. The number of aryl methyl sites for hydroxylation is 1. The largest absolute Gasteiger partial charge is 0.295 e. The van der Waals surface area contributed by atoms with Gasteiger partial charge in [0, 0.05) is 17.2 Å². The number of hydrogen-bond donors (Lipinski definition) is 0. The molecule has 2 rings (SSSR count). The minimum absolute atomic E-state index is 0.0246. The highest BCUT2D eigenvalue weighted by atomic mass is 16.6. The molecule has 0 aromatic heterocycles. The van der Waals surface area contributed by atoms with Gasteiger partial charge in [0.15, 0.2) is 5.78 Å². The molecule has 4 heteroatoms. The highest BCUT2D eigenvalue weighted by Crippen LogP contribution is 2.27. The van der Waals surface area contributed by atoms with Crippen LogP contribution in [-0.4, -0.2) is 10.7 Å². The molecule has 0 unspecified atom stereocenters. The quantitative estimate of drug-likeness (QED) is 0.476. The van der Waals surface area contributed by atoms with Gasteiger partial charge in [-0.25, -0.2) is 0 Å². The molecule has 0 amide bonds. The van der Waals surface area contributed by atoms with Gasteiger partial charge in [0.2, 0.25) is 0 Å². The number of carbonyl (C=O) groups excluding carboxylic acids is 1. The van der Waals surface area contributed by atoms with E-state index in [4.69, 9.17) is 0 Å². The molecule has 0 N–H and O–H groups in total. The molecule has 0 heterocycles. The van der Waals surface area contributed by atoms with Crippen LogP contribution < -0.4 is 0 Å². The van der Waals surface area contributed by atoms with Crippen molar-refractivity contribution in [3.05, 3.63) is 63.7 Å². The van der Waals surface area contributed by atoms with E-state index in [-0.39, 0.29) is 11.5 Å². The Kier molecular flexibility index (Phi) is 3.42. The van der Waals surface area contributed by atoms with Crippen LogP contribution in [0.2, 0.25) is 0 Å². The van der Waals surface area contributed by atoms with E-state index in [0.29, 0.717) is 11.1 Å². The van der Waals surface area contributed by atoms with Crippen LogP contribution >= 0.6 is 0 Å². The minimum atomic E-state index is -0.395. The predicted molar refractivity (Wildman–Crippen MR) is 73.3 cm³/mol. The highest BCUT2D eigenvalue weighted by Gasteiger charge is 2.12. The summed E-state index contributed by atoms with van der Waals surface area (Å²) in [5.41, 5.74) is 2.85. The molecule has 0 aliphatic heterocycles. The second kappa shape index (κ2) is 5.02. The minimum Gasteiger partial charge on any atom is -0.295 e. The molecule has 0 radical (unpaired) electrons. The monoisotopic (exact) mass is 255 g/mol. The van der Waals surface area contributed by atoms with Crippen LogP contribution in [0.5, 0.6) is 0 Å². The summed E-state index contributed by atoms with van der Waals surface area (Å²) >= 11 is 0. The molecule has 0 aliphatic carbocycles. The first-order valence-electron chi connectivity index (χ1n) is 5.85. The van der Waals surface area contributed by atoms with Crippen LogP contribution in [0.4, 0.5) is 5.69 Å². The molecule has 0 saturated carbocycles. The van der Waals surface area contributed by atoms with Crippen molar-refractivity contribution in [2.45, 2.75) is 13.8 Å². The summed E-state index contributed by atoms with van der Waals surface area (Å²) in [7, 11) is 0. The Hall–Kier alpha value is -2.49. The van der Waals surface area contributed by atoms with E-state index >= 15 is 0 Å². The first-order chi connectivity index (χ1) is 8.99. The lowest BCUT2D eigenvalue weighted by Gasteiger charge is -2.05. The molecule has 4 nitrogen and oxygen atoms in total. The topological polar surface area (TPSA) is 60.2 Å². The van der Waals surface area contributed by atoms with E-state index in [1.807, 2.05) is 12.1 Å². The number of hydrogen-bond acceptors (Lipinski definition) is 3. The first-order valence-corrected chi connectivity index (χ1v) is 5.85. The molecular formula is C15H13NO3. The van der Waals surface area contributed by atoms with E-state index in [1.54, 1.807) is 31.2 Å². The molecule has 0 atom stereocenters. The average molecular weight is 255 g/mol. The number of rotatable bonds is 3. The summed E-state index contributed by atoms with van der Waals surface area (Å²) in [5.74, 6) is -0.0246. The van der Waals surface area contributed by atoms with Crippen LogP contribution in [0.15, 0.2) is 42.5 Å². The van der Waals surface area contributed by atoms with Crippen LogP contribution in [0.3, 0.4) is 0 Å². The van der Waals surface area contributed by atoms with Crippen LogP contribution in [0.25, 0.3) is 11.1 Å². The standard InChI is InChI=1S/C15H13NO3/c1-10-6-7-14(9-15(10)16(18)19)13-5-3-4-12(8-13)11(2)17/h3-9H,1-2H3. The van der Waals surface area contributed by atoms with Crippen molar-refractivity contribution in [3.63, 3.8) is 0 Å². The van der Waals surface area contributed by atoms with Crippen molar-refractivity contribution in [2.24, 2.45) is 0 Å². The van der Waals surface area contributed by atoms with Gasteiger partial charge in [-0.3, -0.25) is 14.9 Å². The van der Waals surface area contributed by atoms with E-state index in [2.05, 4.69) is 0 Å². The fraction of sp³-hybridized carbons (Fsp3) is 0.133. The summed E-state index contributed by atoms with van der Waals surface area (Å²) in [4.78, 5) is 21.9. The summed E-state index contributed by atoms with van der Waals surface area (Å²) in [6.07, 6.45) is 0. The van der Waals surface area contributed by atoms with Gasteiger partial charge in [-0.2, -0.15) is 0 Å². The molecule has 0 spiro atoms. The molecular weight excluding hydrogens is 242 g/mol. The van der Waals surface area contributed by atoms with Crippen LogP contribution in [0, 0.1) is 17.0 Å². The van der Waals surface area contributed by atoms with Crippen molar-refractivity contribution in [1.82, 2.24) is 0 Å². The van der Waals surface area contributed by atoms with Crippen molar-refractivity contribution in [3.8, 4) is 11.1 Å². The fourth-order valence-electron chi connectivity index (χ4n) is 1.90. The Labute approximate surface area is 110 Å². The van der Waals surface area contributed by atoms with E-state index in [9.17, 15) is 14.9 Å². The van der Waals surface area contributed by atoms with Crippen molar-refractivity contribution >= 4 is 11.5 Å². The van der Waals surface area contributed by atoms with Gasteiger partial charge in [0.1, 0.15) is 0 Å². The normalized spacial score (nSPS) is 10.2. The van der Waals surface area contributed by atoms with Gasteiger partial charge in [0.25, 0.3) is 5.69 Å². The van der Waals surface area contributed by atoms with Gasteiger partial charge in [-0.1, -0.05) is 30.3 Å². The zero-order valence-electron chi connectivity index (χ0n) is 10.7. The molecule has 0 aliphatic rings. The number of carbonyl (C=O) groups is 1. The smallest absolute Gasteiger partial charge is 0.272 e. The Balaban J connectivity index is 2.53. The molecule has 96 valence electrons.